The summed E-state index contributed by atoms with van der Waals surface area (Å²) >= 11 is 1.74. The minimum Gasteiger partial charge on any atom is -0.318 e. The van der Waals surface area contributed by atoms with Gasteiger partial charge in [0.1, 0.15) is 0 Å². The normalized spacial score (nSPS) is 13.3. The quantitative estimate of drug-likeness (QED) is 0.710. The average Bonchev–Trinajstić information content (AvgIpc) is 2.52. The Bertz CT molecular complexity index is 184. The Kier molecular flexibility index (Phi) is 3.56. The Morgan fingerprint density at radius 2 is 2.36 bits per heavy atom. The topological polar surface area (TPSA) is 24.1 Å². The van der Waals surface area contributed by atoms with E-state index in [0.717, 1.165) is 6.54 Å². The highest BCUT2D eigenvalue weighted by Crippen LogP contribution is 2.14. The van der Waals surface area contributed by atoms with E-state index in [2.05, 4.69) is 27.5 Å². The zero-order valence-electron chi connectivity index (χ0n) is 6.92. The van der Waals surface area contributed by atoms with Crippen LogP contribution in [0.3, 0.4) is 0 Å². The molecule has 0 radical (unpaired) electrons. The van der Waals surface area contributed by atoms with Crippen LogP contribution in [0, 0.1) is 0 Å². The summed E-state index contributed by atoms with van der Waals surface area (Å²) in [5.74, 6) is 0. The summed E-state index contributed by atoms with van der Waals surface area (Å²) < 4.78 is 0. The number of hydrogen-bond acceptors (Lipinski definition) is 3. The molecule has 3 heteroatoms. The lowest BCUT2D eigenvalue weighted by Gasteiger charge is -2.13. The summed E-state index contributed by atoms with van der Waals surface area (Å²) in [7, 11) is 3.95. The van der Waals surface area contributed by atoms with Crippen LogP contribution < -0.4 is 10.6 Å². The van der Waals surface area contributed by atoms with Gasteiger partial charge in [0.15, 0.2) is 0 Å². The van der Waals surface area contributed by atoms with Crippen LogP contribution in [0.2, 0.25) is 0 Å². The van der Waals surface area contributed by atoms with Crippen LogP contribution in [0.5, 0.6) is 0 Å². The van der Waals surface area contributed by atoms with E-state index in [0.29, 0.717) is 6.04 Å². The Balaban J connectivity index is 2.56. The summed E-state index contributed by atoms with van der Waals surface area (Å²) in [6.45, 7) is 0.979. The van der Waals surface area contributed by atoms with Crippen LogP contribution in [0.15, 0.2) is 16.8 Å². The molecule has 2 N–H and O–H groups in total. The standard InChI is InChI=1S/C8H14N2S/c1-9-5-8(10-2)7-3-4-11-6-7/h3-4,6,8-10H,5H2,1-2H3. The summed E-state index contributed by atoms with van der Waals surface area (Å²) in [4.78, 5) is 0. The maximum absolute atomic E-state index is 3.25. The van der Waals surface area contributed by atoms with Crippen molar-refractivity contribution in [1.29, 1.82) is 0 Å². The zero-order chi connectivity index (χ0) is 8.10. The van der Waals surface area contributed by atoms with Gasteiger partial charge in [-0.2, -0.15) is 11.3 Å². The van der Waals surface area contributed by atoms with Gasteiger partial charge in [-0.25, -0.2) is 0 Å². The van der Waals surface area contributed by atoms with Crippen LogP contribution in [0.1, 0.15) is 11.6 Å². The van der Waals surface area contributed by atoms with Gasteiger partial charge in [-0.15, -0.1) is 0 Å². The summed E-state index contributed by atoms with van der Waals surface area (Å²) in [5, 5.41) is 10.7. The van der Waals surface area contributed by atoms with Gasteiger partial charge < -0.3 is 10.6 Å². The third kappa shape index (κ3) is 2.29. The number of hydrogen-bond donors (Lipinski definition) is 2. The molecule has 1 rings (SSSR count). The van der Waals surface area contributed by atoms with Crippen molar-refractivity contribution >= 4 is 11.3 Å². The maximum atomic E-state index is 3.25. The van der Waals surface area contributed by atoms with Crippen molar-refractivity contribution < 1.29 is 0 Å². The smallest absolute Gasteiger partial charge is 0.0452 e. The van der Waals surface area contributed by atoms with Crippen LogP contribution in [-0.4, -0.2) is 20.6 Å². The molecule has 2 nitrogen and oxygen atoms in total. The fourth-order valence-corrected chi connectivity index (χ4v) is 1.78. The third-order valence-electron chi connectivity index (χ3n) is 1.70. The minimum absolute atomic E-state index is 0.450. The first-order valence-corrected chi connectivity index (χ1v) is 4.66. The van der Waals surface area contributed by atoms with E-state index in [9.17, 15) is 0 Å². The van der Waals surface area contributed by atoms with Gasteiger partial charge in [0.2, 0.25) is 0 Å². The molecule has 0 bridgehead atoms. The Labute approximate surface area is 71.6 Å². The molecule has 1 unspecified atom stereocenters. The largest absolute Gasteiger partial charge is 0.318 e. The molecule has 0 saturated heterocycles. The molecule has 0 fully saturated rings. The van der Waals surface area contributed by atoms with Crippen molar-refractivity contribution in [1.82, 2.24) is 10.6 Å². The molecule has 0 saturated carbocycles. The molecule has 62 valence electrons. The predicted octanol–water partition coefficient (Wildman–Crippen LogP) is 1.23. The van der Waals surface area contributed by atoms with E-state index >= 15 is 0 Å². The summed E-state index contributed by atoms with van der Waals surface area (Å²) in [6.07, 6.45) is 0. The minimum atomic E-state index is 0.450. The number of rotatable bonds is 4. The van der Waals surface area contributed by atoms with Crippen molar-refractivity contribution in [2.75, 3.05) is 20.6 Å². The van der Waals surface area contributed by atoms with E-state index in [1.54, 1.807) is 11.3 Å². The van der Waals surface area contributed by atoms with E-state index in [4.69, 9.17) is 0 Å². The van der Waals surface area contributed by atoms with Crippen molar-refractivity contribution in [3.8, 4) is 0 Å². The first kappa shape index (κ1) is 8.71. The fourth-order valence-electron chi connectivity index (χ4n) is 1.06. The lowest BCUT2D eigenvalue weighted by Crippen LogP contribution is -2.26. The molecule has 0 aromatic carbocycles. The molecule has 1 aromatic heterocycles. The Hall–Kier alpha value is -0.380. The van der Waals surface area contributed by atoms with Gasteiger partial charge in [0, 0.05) is 12.6 Å². The second-order valence-electron chi connectivity index (χ2n) is 2.46. The first-order valence-electron chi connectivity index (χ1n) is 3.72. The average molecular weight is 170 g/mol. The fraction of sp³-hybridized carbons (Fsp3) is 0.500. The lowest BCUT2D eigenvalue weighted by atomic mass is 10.1. The molecule has 1 heterocycles. The Morgan fingerprint density at radius 1 is 1.55 bits per heavy atom. The molecule has 0 aliphatic rings. The molecule has 0 amide bonds. The lowest BCUT2D eigenvalue weighted by molar-refractivity contribution is 0.560. The molecule has 0 aliphatic heterocycles. The van der Waals surface area contributed by atoms with Crippen LogP contribution in [0.4, 0.5) is 0 Å². The van der Waals surface area contributed by atoms with Crippen molar-refractivity contribution in [3.05, 3.63) is 22.4 Å². The van der Waals surface area contributed by atoms with Gasteiger partial charge in [0.25, 0.3) is 0 Å². The summed E-state index contributed by atoms with van der Waals surface area (Å²) in [6, 6.07) is 2.61. The molecular weight excluding hydrogens is 156 g/mol. The third-order valence-corrected chi connectivity index (χ3v) is 2.40. The van der Waals surface area contributed by atoms with Crippen molar-refractivity contribution in [2.45, 2.75) is 6.04 Å². The SMILES string of the molecule is CNCC(NC)c1ccsc1. The second kappa shape index (κ2) is 4.49. The monoisotopic (exact) mass is 170 g/mol. The number of likely N-dealkylation sites (N-methyl/N-ethyl adjacent to an activating group) is 2. The van der Waals surface area contributed by atoms with Gasteiger partial charge in [0.05, 0.1) is 0 Å². The number of thiophene rings is 1. The zero-order valence-corrected chi connectivity index (χ0v) is 7.74. The van der Waals surface area contributed by atoms with Gasteiger partial charge in [-0.3, -0.25) is 0 Å². The van der Waals surface area contributed by atoms with Gasteiger partial charge in [-0.05, 0) is 36.5 Å². The predicted molar refractivity (Wildman–Crippen MR) is 50.0 cm³/mol. The number of nitrogens with one attached hydrogen (secondary N) is 2. The van der Waals surface area contributed by atoms with E-state index in [1.807, 2.05) is 14.1 Å². The van der Waals surface area contributed by atoms with Crippen LogP contribution in [0.25, 0.3) is 0 Å². The highest BCUT2D eigenvalue weighted by Gasteiger charge is 2.06. The van der Waals surface area contributed by atoms with Gasteiger partial charge >= 0.3 is 0 Å². The van der Waals surface area contributed by atoms with E-state index in [1.165, 1.54) is 5.56 Å². The Morgan fingerprint density at radius 3 is 2.82 bits per heavy atom. The molecule has 0 aliphatic carbocycles. The van der Waals surface area contributed by atoms with Crippen LogP contribution in [-0.2, 0) is 0 Å². The molecule has 11 heavy (non-hydrogen) atoms. The molecular formula is C8H14N2S. The first-order chi connectivity index (χ1) is 5.38. The van der Waals surface area contributed by atoms with Crippen molar-refractivity contribution in [2.24, 2.45) is 0 Å². The van der Waals surface area contributed by atoms with E-state index in [-0.39, 0.29) is 0 Å². The highest BCUT2D eigenvalue weighted by molar-refractivity contribution is 7.07. The maximum Gasteiger partial charge on any atom is 0.0452 e. The second-order valence-corrected chi connectivity index (χ2v) is 3.24. The van der Waals surface area contributed by atoms with E-state index < -0.39 is 0 Å². The molecule has 1 atom stereocenters. The molecule has 0 spiro atoms. The van der Waals surface area contributed by atoms with Crippen molar-refractivity contribution in [3.63, 3.8) is 0 Å². The molecule has 1 aromatic rings. The summed E-state index contributed by atoms with van der Waals surface area (Å²) in [5.41, 5.74) is 1.37. The highest BCUT2D eigenvalue weighted by atomic mass is 32.1. The van der Waals surface area contributed by atoms with Crippen LogP contribution >= 0.6 is 11.3 Å². The van der Waals surface area contributed by atoms with Gasteiger partial charge in [-0.1, -0.05) is 0 Å².